The summed E-state index contributed by atoms with van der Waals surface area (Å²) in [5.74, 6) is 0. The number of ether oxygens (including phenoxy) is 4. The minimum absolute atomic E-state index is 0.174. The van der Waals surface area contributed by atoms with Crippen LogP contribution in [0.2, 0.25) is 0 Å². The lowest BCUT2D eigenvalue weighted by molar-refractivity contribution is -0.194. The monoisotopic (exact) mass is 309 g/mol. The fourth-order valence-electron chi connectivity index (χ4n) is 2.28. The lowest BCUT2D eigenvalue weighted by atomic mass is 10.0. The molecule has 0 spiro atoms. The molecule has 1 aliphatic heterocycles. The average molecular weight is 309 g/mol. The standard InChI is InChI=1S/C16H23NO5/c1-12-16(20-11-18-2)14(9-15(19-3)22-12)17-21-10-13-7-5-4-6-8-13/h4-8,12,15-16H,9-11H2,1-3H3/t12-,15+,16-/m0/s1. The van der Waals surface area contributed by atoms with Crippen molar-refractivity contribution in [2.45, 2.75) is 38.4 Å². The lowest BCUT2D eigenvalue weighted by Gasteiger charge is -2.34. The molecule has 1 aliphatic rings. The van der Waals surface area contributed by atoms with Crippen molar-refractivity contribution in [3.8, 4) is 0 Å². The molecule has 1 heterocycles. The third kappa shape index (κ3) is 4.78. The van der Waals surface area contributed by atoms with Crippen molar-refractivity contribution in [3.63, 3.8) is 0 Å². The van der Waals surface area contributed by atoms with Gasteiger partial charge in [-0.2, -0.15) is 0 Å². The number of rotatable bonds is 7. The van der Waals surface area contributed by atoms with Gasteiger partial charge < -0.3 is 23.8 Å². The van der Waals surface area contributed by atoms with Crippen molar-refractivity contribution in [1.29, 1.82) is 0 Å². The van der Waals surface area contributed by atoms with Gasteiger partial charge in [0.05, 0.1) is 11.8 Å². The Morgan fingerprint density at radius 1 is 1.23 bits per heavy atom. The minimum atomic E-state index is -0.337. The first kappa shape index (κ1) is 16.9. The molecular weight excluding hydrogens is 286 g/mol. The summed E-state index contributed by atoms with van der Waals surface area (Å²) in [6, 6.07) is 9.88. The normalized spacial score (nSPS) is 27.0. The SMILES string of the molecule is COCO[C@@H]1C(=NOCc2ccccc2)C[C@H](OC)O[C@H]1C. The molecule has 1 aromatic rings. The van der Waals surface area contributed by atoms with Crippen molar-refractivity contribution < 1.29 is 23.8 Å². The van der Waals surface area contributed by atoms with Crippen molar-refractivity contribution >= 4 is 5.71 Å². The van der Waals surface area contributed by atoms with E-state index in [-0.39, 0.29) is 25.3 Å². The molecule has 1 fully saturated rings. The van der Waals surface area contributed by atoms with Crippen molar-refractivity contribution in [1.82, 2.24) is 0 Å². The van der Waals surface area contributed by atoms with Gasteiger partial charge in [0.1, 0.15) is 19.5 Å². The zero-order valence-corrected chi connectivity index (χ0v) is 13.2. The van der Waals surface area contributed by atoms with Gasteiger partial charge in [-0.1, -0.05) is 35.5 Å². The van der Waals surface area contributed by atoms with E-state index >= 15 is 0 Å². The molecule has 1 saturated heterocycles. The summed E-state index contributed by atoms with van der Waals surface area (Å²) in [4.78, 5) is 5.47. The fraction of sp³-hybridized carbons (Fsp3) is 0.562. The molecule has 0 N–H and O–H groups in total. The van der Waals surface area contributed by atoms with Crippen molar-refractivity contribution in [3.05, 3.63) is 35.9 Å². The largest absolute Gasteiger partial charge is 0.391 e. The van der Waals surface area contributed by atoms with Crippen molar-refractivity contribution in [2.24, 2.45) is 5.16 Å². The van der Waals surface area contributed by atoms with Crippen LogP contribution < -0.4 is 0 Å². The molecule has 0 radical (unpaired) electrons. The van der Waals surface area contributed by atoms with Crippen LogP contribution in [-0.2, 0) is 30.4 Å². The molecule has 2 rings (SSSR count). The van der Waals surface area contributed by atoms with Gasteiger partial charge in [0.25, 0.3) is 0 Å². The molecule has 0 saturated carbocycles. The first-order valence-electron chi connectivity index (χ1n) is 7.26. The topological polar surface area (TPSA) is 58.5 Å². The summed E-state index contributed by atoms with van der Waals surface area (Å²) in [5, 5.41) is 4.24. The molecule has 1 aromatic carbocycles. The Labute approximate surface area is 130 Å². The zero-order chi connectivity index (χ0) is 15.8. The molecule has 22 heavy (non-hydrogen) atoms. The maximum absolute atomic E-state index is 5.70. The van der Waals surface area contributed by atoms with E-state index in [1.807, 2.05) is 37.3 Å². The van der Waals surface area contributed by atoms with Crippen LogP contribution in [0.3, 0.4) is 0 Å². The Hall–Kier alpha value is -1.47. The quantitative estimate of drug-likeness (QED) is 0.571. The molecule has 0 unspecified atom stereocenters. The molecule has 122 valence electrons. The summed E-state index contributed by atoms with van der Waals surface area (Å²) in [6.07, 6.45) is -0.323. The average Bonchev–Trinajstić information content (AvgIpc) is 2.54. The van der Waals surface area contributed by atoms with E-state index in [2.05, 4.69) is 5.16 Å². The van der Waals surface area contributed by atoms with Gasteiger partial charge in [-0.25, -0.2) is 0 Å². The van der Waals surface area contributed by atoms with Gasteiger partial charge in [-0.3, -0.25) is 0 Å². The highest BCUT2D eigenvalue weighted by Gasteiger charge is 2.35. The van der Waals surface area contributed by atoms with Crippen LogP contribution in [0.1, 0.15) is 18.9 Å². The molecule has 6 nitrogen and oxygen atoms in total. The number of benzene rings is 1. The predicted molar refractivity (Wildman–Crippen MR) is 81.4 cm³/mol. The minimum Gasteiger partial charge on any atom is -0.391 e. The molecule has 0 aromatic heterocycles. The van der Waals surface area contributed by atoms with Crippen LogP contribution in [-0.4, -0.2) is 45.2 Å². The van der Waals surface area contributed by atoms with E-state index in [1.165, 1.54) is 0 Å². The number of methoxy groups -OCH3 is 2. The molecule has 0 aliphatic carbocycles. The van der Waals surface area contributed by atoms with Crippen LogP contribution in [0, 0.1) is 0 Å². The van der Waals surface area contributed by atoms with Crippen LogP contribution in [0.25, 0.3) is 0 Å². The number of oxime groups is 1. The second-order valence-electron chi connectivity index (χ2n) is 5.05. The molecule has 0 bridgehead atoms. The van der Waals surface area contributed by atoms with E-state index in [9.17, 15) is 0 Å². The third-order valence-corrected chi connectivity index (χ3v) is 3.38. The predicted octanol–water partition coefficient (Wildman–Crippen LogP) is 2.33. The summed E-state index contributed by atoms with van der Waals surface area (Å²) in [5.41, 5.74) is 1.82. The van der Waals surface area contributed by atoms with Gasteiger partial charge in [0, 0.05) is 20.6 Å². The highest BCUT2D eigenvalue weighted by Crippen LogP contribution is 2.21. The summed E-state index contributed by atoms with van der Waals surface area (Å²) in [6.45, 7) is 2.50. The third-order valence-electron chi connectivity index (χ3n) is 3.38. The first-order valence-corrected chi connectivity index (χ1v) is 7.26. The van der Waals surface area contributed by atoms with Crippen LogP contribution in [0.15, 0.2) is 35.5 Å². The zero-order valence-electron chi connectivity index (χ0n) is 13.2. The molecule has 6 heteroatoms. The van der Waals surface area contributed by atoms with Crippen LogP contribution in [0.4, 0.5) is 0 Å². The second-order valence-corrected chi connectivity index (χ2v) is 5.05. The van der Waals surface area contributed by atoms with E-state index in [0.29, 0.717) is 13.0 Å². The summed E-state index contributed by atoms with van der Waals surface area (Å²) in [7, 11) is 3.19. The Balaban J connectivity index is 1.99. The molecule has 0 amide bonds. The van der Waals surface area contributed by atoms with Gasteiger partial charge in [0.15, 0.2) is 6.29 Å². The maximum Gasteiger partial charge on any atom is 0.163 e. The number of hydrogen-bond donors (Lipinski definition) is 0. The highest BCUT2D eigenvalue weighted by molar-refractivity contribution is 5.89. The highest BCUT2D eigenvalue weighted by atomic mass is 16.7. The summed E-state index contributed by atoms with van der Waals surface area (Å²) < 4.78 is 21.6. The number of hydrogen-bond acceptors (Lipinski definition) is 6. The van der Waals surface area contributed by atoms with Gasteiger partial charge in [-0.05, 0) is 12.5 Å². The van der Waals surface area contributed by atoms with Crippen molar-refractivity contribution in [2.75, 3.05) is 21.0 Å². The fourth-order valence-corrected chi connectivity index (χ4v) is 2.28. The van der Waals surface area contributed by atoms with Crippen LogP contribution >= 0.6 is 0 Å². The first-order chi connectivity index (χ1) is 10.7. The van der Waals surface area contributed by atoms with Gasteiger partial charge >= 0.3 is 0 Å². The Morgan fingerprint density at radius 2 is 2.00 bits per heavy atom. The molecule has 3 atom stereocenters. The van der Waals surface area contributed by atoms with Gasteiger partial charge in [0.2, 0.25) is 0 Å². The van der Waals surface area contributed by atoms with Crippen LogP contribution in [0.5, 0.6) is 0 Å². The van der Waals surface area contributed by atoms with E-state index in [0.717, 1.165) is 11.3 Å². The van der Waals surface area contributed by atoms with E-state index in [1.54, 1.807) is 14.2 Å². The lowest BCUT2D eigenvalue weighted by Crippen LogP contribution is -2.46. The number of nitrogens with zero attached hydrogens (tertiary/aromatic N) is 1. The van der Waals surface area contributed by atoms with Gasteiger partial charge in [-0.15, -0.1) is 0 Å². The van der Waals surface area contributed by atoms with E-state index in [4.69, 9.17) is 23.8 Å². The summed E-state index contributed by atoms with van der Waals surface area (Å²) >= 11 is 0. The Bertz CT molecular complexity index is 465. The maximum atomic E-state index is 5.70. The molecular formula is C16H23NO5. The second kappa shape index (κ2) is 8.85. The smallest absolute Gasteiger partial charge is 0.163 e. The van der Waals surface area contributed by atoms with E-state index < -0.39 is 0 Å². The Morgan fingerprint density at radius 3 is 2.68 bits per heavy atom. The Kier molecular flexibility index (Phi) is 6.79.